The Hall–Kier alpha value is -6.66. The summed E-state index contributed by atoms with van der Waals surface area (Å²) in [5, 5.41) is 23.4. The number of rotatable bonds is 15. The summed E-state index contributed by atoms with van der Waals surface area (Å²) in [6.07, 6.45) is 2.46. The molecule has 89 heavy (non-hydrogen) atoms. The number of carbonyl (C=O) groups excluding carboxylic acids is 11. The Labute approximate surface area is 530 Å². The molecule has 1 fully saturated rings. The molecule has 2 rings (SSSR count). The van der Waals surface area contributed by atoms with Gasteiger partial charge in [0.1, 0.15) is 72.3 Å². The Balaban J connectivity index is 3.02. The first-order valence-corrected chi connectivity index (χ1v) is 31.8. The summed E-state index contributed by atoms with van der Waals surface area (Å²) < 4.78 is 1.76. The lowest BCUT2D eigenvalue weighted by Crippen LogP contribution is -2.64. The van der Waals surface area contributed by atoms with Gasteiger partial charge in [-0.25, -0.2) is 4.98 Å². The number of imidazole rings is 1. The summed E-state index contributed by atoms with van der Waals surface area (Å²) in [6.45, 7) is 29.5. The fourth-order valence-corrected chi connectivity index (χ4v) is 11.4. The maximum Gasteiger partial charge on any atom is 0.246 e. The molecule has 506 valence electrons. The zero-order valence-electron chi connectivity index (χ0n) is 58.3. The first-order valence-electron chi connectivity index (χ1n) is 31.8. The topological polar surface area (TPSA) is 297 Å². The van der Waals surface area contributed by atoms with Gasteiger partial charge in [-0.3, -0.25) is 52.7 Å². The molecule has 0 aliphatic carbocycles. The quantitative estimate of drug-likeness (QED) is 0.169. The minimum atomic E-state index is -1.68. The molecule has 0 unspecified atom stereocenters. The molecule has 0 bridgehead atoms. The normalized spacial score (nSPS) is 27.0. The zero-order valence-corrected chi connectivity index (χ0v) is 58.3. The minimum absolute atomic E-state index is 0.00350. The van der Waals surface area contributed by atoms with E-state index in [9.17, 15) is 38.7 Å². The van der Waals surface area contributed by atoms with E-state index in [0.717, 1.165) is 9.80 Å². The molecule has 25 heteroatoms. The van der Waals surface area contributed by atoms with Crippen molar-refractivity contribution in [2.24, 2.45) is 48.5 Å². The van der Waals surface area contributed by atoms with E-state index in [0.29, 0.717) is 5.82 Å². The molecule has 25 nitrogen and oxygen atoms in total. The first kappa shape index (κ1) is 78.4. The van der Waals surface area contributed by atoms with Crippen LogP contribution in [-0.4, -0.2) is 236 Å². The molecular formula is C64H113N13O12. The number of carbonyl (C=O) groups is 11. The largest absolute Gasteiger partial charge is 0.390 e. The summed E-state index contributed by atoms with van der Waals surface area (Å²) in [6, 6.07) is -13.8. The summed E-state index contributed by atoms with van der Waals surface area (Å²) in [7, 11) is 11.7. The Morgan fingerprint density at radius 3 is 1.29 bits per heavy atom. The first-order chi connectivity index (χ1) is 41.1. The van der Waals surface area contributed by atoms with E-state index in [2.05, 4.69) is 26.3 Å². The number of aliphatic hydroxyl groups is 1. The van der Waals surface area contributed by atoms with Crippen LogP contribution >= 0.6 is 0 Å². The Kier molecular flexibility index (Phi) is 30.4. The summed E-state index contributed by atoms with van der Waals surface area (Å²) in [5.41, 5.74) is 0. The summed E-state index contributed by atoms with van der Waals surface area (Å²) in [5.74, 6) is -9.47. The van der Waals surface area contributed by atoms with Gasteiger partial charge in [0.25, 0.3) is 0 Å². The van der Waals surface area contributed by atoms with Crippen molar-refractivity contribution < 1.29 is 57.8 Å². The molecule has 1 aromatic rings. The lowest BCUT2D eigenvalue weighted by molar-refractivity contribution is -0.157. The Morgan fingerprint density at radius 2 is 0.854 bits per heavy atom. The molecule has 11 amide bonds. The van der Waals surface area contributed by atoms with E-state index in [4.69, 9.17) is 0 Å². The average Bonchev–Trinajstić information content (AvgIpc) is 1.15. The summed E-state index contributed by atoms with van der Waals surface area (Å²) in [4.78, 5) is 175. The SMILES string of the molecule is CC[C@H]1NC(=O)[C@@H]([C@H](O)[C@H](C)Cc2nccn2C)N(C)C(=O)[C@@H](C(C)C)N(C)C(=O)[C@@H](CC(C)C)N(C)C(=O)[C@@H](CC(C)C)N(C)C(=O)[C@H](C)NC(=O)[C@@H](C)NC(=O)[C@@H](CC(C)C)N(C)C(=O)[C@@H](C(C)C)NC(=O)[C@H](CC(C)C)N(C)C(=O)[C@@H](C)N(C)C1=O. The van der Waals surface area contributed by atoms with Gasteiger partial charge in [0, 0.05) is 75.2 Å². The third-order valence-electron chi connectivity index (χ3n) is 17.3. The van der Waals surface area contributed by atoms with Crippen LogP contribution in [0.15, 0.2) is 12.4 Å². The lowest BCUT2D eigenvalue weighted by Gasteiger charge is -2.41. The number of aliphatic hydroxyl groups excluding tert-OH is 1. The number of nitrogens with zero attached hydrogens (tertiary/aromatic N) is 9. The minimum Gasteiger partial charge on any atom is -0.390 e. The van der Waals surface area contributed by atoms with Crippen LogP contribution in [0.5, 0.6) is 0 Å². The molecule has 1 aromatic heterocycles. The standard InChI is InChI=1S/C64H113N13O12/c1-26-44-60(85)71(19)43(17)59(84)72(20)46(30-35(4)5)56(81)69-50(38(10)11)63(88)73(21)45(29-34(2)3)55(80)66-41(15)54(79)67-42(16)58(83)74(22)47(31-36(6)7)61(86)75(23)48(32-37(8)9)62(87)76(24)51(39(12)13)64(89)77(25)52(57(82)68-44)53(78)40(14)33-49-65-27-28-70(49)18/h27-28,34-48,50-53,78H,26,29-33H2,1-25H3,(H,66,80)(H,67,79)(H,68,82)(H,69,81)/t40-,41-,42+,43-,44-,45-,46+,47-,48-,50-,51-,52-,53-/m1/s1. The molecule has 2 heterocycles. The number of likely N-dealkylation sites (N-methyl/N-ethyl adjacent to an activating group) is 7. The van der Waals surface area contributed by atoms with Gasteiger partial charge in [0.2, 0.25) is 65.0 Å². The van der Waals surface area contributed by atoms with Gasteiger partial charge in [-0.15, -0.1) is 0 Å². The second-order valence-corrected chi connectivity index (χ2v) is 27.3. The lowest BCUT2D eigenvalue weighted by atomic mass is 9.91. The molecule has 0 saturated carbocycles. The van der Waals surface area contributed by atoms with Crippen molar-refractivity contribution in [1.29, 1.82) is 0 Å². The highest BCUT2D eigenvalue weighted by Gasteiger charge is 2.46. The summed E-state index contributed by atoms with van der Waals surface area (Å²) >= 11 is 0. The van der Waals surface area contributed by atoms with Crippen molar-refractivity contribution in [3.8, 4) is 0 Å². The molecule has 1 saturated heterocycles. The number of aryl methyl sites for hydroxylation is 1. The molecular weight excluding hydrogens is 1140 g/mol. The molecule has 13 atom stereocenters. The third-order valence-corrected chi connectivity index (χ3v) is 17.3. The van der Waals surface area contributed by atoms with Crippen LogP contribution < -0.4 is 21.3 Å². The van der Waals surface area contributed by atoms with Gasteiger partial charge in [0.05, 0.1) is 6.10 Å². The van der Waals surface area contributed by atoms with E-state index >= 15 is 19.2 Å². The Bertz CT molecular complexity index is 2610. The van der Waals surface area contributed by atoms with Crippen LogP contribution in [0, 0.1) is 41.4 Å². The van der Waals surface area contributed by atoms with E-state index < -0.39 is 155 Å². The van der Waals surface area contributed by atoms with Crippen LogP contribution in [0.1, 0.15) is 156 Å². The smallest absolute Gasteiger partial charge is 0.246 e. The Morgan fingerprint density at radius 1 is 0.438 bits per heavy atom. The fourth-order valence-electron chi connectivity index (χ4n) is 11.4. The van der Waals surface area contributed by atoms with Crippen LogP contribution in [0.25, 0.3) is 0 Å². The number of nitrogens with one attached hydrogen (secondary N) is 4. The van der Waals surface area contributed by atoms with Gasteiger partial charge in [0.15, 0.2) is 0 Å². The van der Waals surface area contributed by atoms with Crippen LogP contribution in [0.2, 0.25) is 0 Å². The second kappa shape index (κ2) is 34.5. The van der Waals surface area contributed by atoms with Crippen molar-refractivity contribution in [2.45, 2.75) is 229 Å². The fraction of sp³-hybridized carbons (Fsp3) is 0.781. The number of amides is 11. The van der Waals surface area contributed by atoms with Gasteiger partial charge < -0.3 is 65.2 Å². The predicted octanol–water partition coefficient (Wildman–Crippen LogP) is 2.67. The molecule has 0 aromatic carbocycles. The highest BCUT2D eigenvalue weighted by molar-refractivity contribution is 6.00. The second-order valence-electron chi connectivity index (χ2n) is 27.3. The van der Waals surface area contributed by atoms with Crippen molar-refractivity contribution in [2.75, 3.05) is 49.3 Å². The van der Waals surface area contributed by atoms with Crippen molar-refractivity contribution in [1.82, 2.24) is 65.1 Å². The van der Waals surface area contributed by atoms with Gasteiger partial charge in [-0.05, 0) is 94.3 Å². The highest BCUT2D eigenvalue weighted by atomic mass is 16.3. The number of hydrogen-bond donors (Lipinski definition) is 5. The molecule has 0 spiro atoms. The predicted molar refractivity (Wildman–Crippen MR) is 341 cm³/mol. The monoisotopic (exact) mass is 1260 g/mol. The van der Waals surface area contributed by atoms with Crippen LogP contribution in [0.4, 0.5) is 0 Å². The van der Waals surface area contributed by atoms with Crippen molar-refractivity contribution >= 4 is 65.0 Å². The van der Waals surface area contributed by atoms with E-state index in [1.807, 2.05) is 55.4 Å². The number of aromatic nitrogens is 2. The van der Waals surface area contributed by atoms with Crippen molar-refractivity contribution in [3.63, 3.8) is 0 Å². The number of hydrogen-bond acceptors (Lipinski definition) is 13. The van der Waals surface area contributed by atoms with E-state index in [-0.39, 0.29) is 62.2 Å². The maximum atomic E-state index is 15.3. The third kappa shape index (κ3) is 20.7. The maximum absolute atomic E-state index is 15.3. The molecule has 1 aliphatic heterocycles. The van der Waals surface area contributed by atoms with Crippen LogP contribution in [0.3, 0.4) is 0 Å². The molecule has 1 aliphatic rings. The zero-order chi connectivity index (χ0) is 68.7. The van der Waals surface area contributed by atoms with Crippen LogP contribution in [-0.2, 0) is 66.2 Å². The van der Waals surface area contributed by atoms with Gasteiger partial charge >= 0.3 is 0 Å². The van der Waals surface area contributed by atoms with E-state index in [1.165, 1.54) is 94.6 Å². The van der Waals surface area contributed by atoms with Gasteiger partial charge in [-0.2, -0.15) is 0 Å². The van der Waals surface area contributed by atoms with Gasteiger partial charge in [-0.1, -0.05) is 96.9 Å². The van der Waals surface area contributed by atoms with Crippen molar-refractivity contribution in [3.05, 3.63) is 18.2 Å². The average molecular weight is 1260 g/mol. The highest BCUT2D eigenvalue weighted by Crippen LogP contribution is 2.26. The molecule has 0 radical (unpaired) electrons. The van der Waals surface area contributed by atoms with E-state index in [1.54, 1.807) is 65.6 Å². The molecule has 5 N–H and O–H groups in total.